The van der Waals surface area contributed by atoms with Crippen LogP contribution in [-0.4, -0.2) is 108 Å². The van der Waals surface area contributed by atoms with E-state index in [1.165, 1.54) is 9.80 Å². The standard InChI is InChI=1S/C43H63N7O11S/c1-8-27-19-43(27,38(54)48-62(57,58)29-14-15-29)46-35(51)30-18-28(61-40(56)49-20-25-16-31-32(60-23-59-31)17-26(25)21-49)22-50(30)37(53)34(41(2,3)4)45-36(52)33(24-12-10-9-11-13-24)44-39(55)47-42(5,6)7/h16-17,24,27-30,33-34H,8-15,18-23H2,1-7H3,(H,45,52)(H,46,51)(H,48,54)(H2,44,47,55)/t27-,28+,30-,33-,34+,43-/m0/s1. The number of fused-ring (bicyclic) bond motifs is 2. The average molecular weight is 886 g/mol. The predicted octanol–water partition coefficient (Wildman–Crippen LogP) is 3.31. The highest BCUT2D eigenvalue weighted by Gasteiger charge is 2.62. The molecule has 19 heteroatoms. The van der Waals surface area contributed by atoms with Gasteiger partial charge in [0.25, 0.3) is 5.91 Å². The fourth-order valence-corrected chi connectivity index (χ4v) is 10.6. The highest BCUT2D eigenvalue weighted by Crippen LogP contribution is 2.47. The molecule has 1 saturated heterocycles. The minimum Gasteiger partial charge on any atom is -0.454 e. The Morgan fingerprint density at radius 1 is 0.903 bits per heavy atom. The van der Waals surface area contributed by atoms with E-state index < -0.39 is 91.7 Å². The van der Waals surface area contributed by atoms with Gasteiger partial charge in [-0.25, -0.2) is 18.0 Å². The molecule has 3 aliphatic heterocycles. The van der Waals surface area contributed by atoms with Crippen LogP contribution in [0, 0.1) is 17.3 Å². The Morgan fingerprint density at radius 2 is 1.53 bits per heavy atom. The highest BCUT2D eigenvalue weighted by atomic mass is 32.2. The second-order valence-corrected chi connectivity index (χ2v) is 22.0. The Kier molecular flexibility index (Phi) is 12.4. The number of hydrogen-bond donors (Lipinski definition) is 5. The maximum atomic E-state index is 15.0. The fourth-order valence-electron chi connectivity index (χ4n) is 9.23. The minimum atomic E-state index is -3.93. The van der Waals surface area contributed by atoms with Crippen LogP contribution in [0.5, 0.6) is 11.5 Å². The van der Waals surface area contributed by atoms with Crippen LogP contribution in [0.2, 0.25) is 0 Å². The van der Waals surface area contributed by atoms with Crippen LogP contribution in [0.3, 0.4) is 0 Å². The van der Waals surface area contributed by atoms with Crippen LogP contribution < -0.4 is 35.5 Å². The number of carbonyl (C=O) groups excluding carboxylic acids is 6. The molecule has 0 unspecified atom stereocenters. The number of ether oxygens (including phenoxy) is 3. The first-order valence-electron chi connectivity index (χ1n) is 22.0. The third-order valence-electron chi connectivity index (χ3n) is 12.9. The van der Waals surface area contributed by atoms with E-state index in [1.807, 2.05) is 39.8 Å². The molecule has 0 bridgehead atoms. The van der Waals surface area contributed by atoms with Gasteiger partial charge in [0, 0.05) is 25.0 Å². The Bertz CT molecular complexity index is 2040. The van der Waals surface area contributed by atoms with E-state index >= 15 is 0 Å². The second-order valence-electron chi connectivity index (χ2n) is 20.1. The number of rotatable bonds is 12. The number of nitrogens with zero attached hydrogens (tertiary/aromatic N) is 2. The third kappa shape index (κ3) is 9.86. The molecule has 3 saturated carbocycles. The number of nitrogens with one attached hydrogen (secondary N) is 5. The zero-order chi connectivity index (χ0) is 44.9. The van der Waals surface area contributed by atoms with Crippen molar-refractivity contribution in [3.63, 3.8) is 0 Å². The van der Waals surface area contributed by atoms with Crippen LogP contribution >= 0.6 is 0 Å². The Hall–Kier alpha value is -4.81. The van der Waals surface area contributed by atoms with Crippen LogP contribution in [-0.2, 0) is 47.0 Å². The third-order valence-corrected chi connectivity index (χ3v) is 14.7. The number of benzene rings is 1. The summed E-state index contributed by atoms with van der Waals surface area (Å²) in [4.78, 5) is 87.3. The van der Waals surface area contributed by atoms with Crippen molar-refractivity contribution in [1.29, 1.82) is 0 Å². The van der Waals surface area contributed by atoms with Gasteiger partial charge in [-0.1, -0.05) is 53.4 Å². The summed E-state index contributed by atoms with van der Waals surface area (Å²) in [6.45, 7) is 13.1. The summed E-state index contributed by atoms with van der Waals surface area (Å²) in [5.74, 6) is -2.04. The summed E-state index contributed by atoms with van der Waals surface area (Å²) in [5, 5.41) is 10.9. The van der Waals surface area contributed by atoms with E-state index in [0.29, 0.717) is 43.6 Å². The summed E-state index contributed by atoms with van der Waals surface area (Å²) < 4.78 is 44.9. The topological polar surface area (TPSA) is 231 Å². The van der Waals surface area contributed by atoms with Gasteiger partial charge in [0.1, 0.15) is 29.8 Å². The normalized spacial score (nSPS) is 25.6. The Balaban J connectivity index is 1.12. The maximum Gasteiger partial charge on any atom is 0.410 e. The molecule has 62 heavy (non-hydrogen) atoms. The Morgan fingerprint density at radius 3 is 2.08 bits per heavy atom. The number of carbonyl (C=O) groups is 6. The number of likely N-dealkylation sites (tertiary alicyclic amines) is 1. The summed E-state index contributed by atoms with van der Waals surface area (Å²) in [7, 11) is -3.93. The van der Waals surface area contributed by atoms with Gasteiger partial charge in [-0.05, 0) is 93.4 Å². The molecule has 3 heterocycles. The van der Waals surface area contributed by atoms with Crippen molar-refractivity contribution >= 4 is 45.8 Å². The lowest BCUT2D eigenvalue weighted by Gasteiger charge is -2.38. The average Bonchev–Trinajstić information content (AvgIpc) is 4.02. The zero-order valence-corrected chi connectivity index (χ0v) is 37.7. The molecule has 3 aliphatic carbocycles. The van der Waals surface area contributed by atoms with Gasteiger partial charge in [0.2, 0.25) is 34.5 Å². The first-order chi connectivity index (χ1) is 29.1. The van der Waals surface area contributed by atoms with Crippen molar-refractivity contribution in [1.82, 2.24) is 35.8 Å². The molecule has 6 aliphatic rings. The molecule has 0 spiro atoms. The summed E-state index contributed by atoms with van der Waals surface area (Å²) in [6.07, 6.45) is 4.05. The Labute approximate surface area is 363 Å². The van der Waals surface area contributed by atoms with Gasteiger partial charge >= 0.3 is 12.1 Å². The molecule has 7 rings (SSSR count). The number of amides is 7. The van der Waals surface area contributed by atoms with Gasteiger partial charge in [-0.2, -0.15) is 0 Å². The molecular formula is C43H63N7O11S. The highest BCUT2D eigenvalue weighted by molar-refractivity contribution is 7.91. The smallest absolute Gasteiger partial charge is 0.410 e. The second kappa shape index (κ2) is 17.1. The number of hydrogen-bond acceptors (Lipinski definition) is 11. The van der Waals surface area contributed by atoms with Gasteiger partial charge in [-0.3, -0.25) is 28.8 Å². The van der Waals surface area contributed by atoms with Gasteiger partial charge in [0.15, 0.2) is 11.5 Å². The van der Waals surface area contributed by atoms with E-state index in [0.717, 1.165) is 30.4 Å². The van der Waals surface area contributed by atoms with E-state index in [-0.39, 0.29) is 51.1 Å². The lowest BCUT2D eigenvalue weighted by Crippen LogP contribution is -2.63. The summed E-state index contributed by atoms with van der Waals surface area (Å²) >= 11 is 0. The van der Waals surface area contributed by atoms with Crippen LogP contribution in [0.25, 0.3) is 0 Å². The fraction of sp³-hybridized carbons (Fsp3) is 0.721. The summed E-state index contributed by atoms with van der Waals surface area (Å²) in [5.41, 5.74) is -1.26. The molecule has 342 valence electrons. The molecule has 0 radical (unpaired) electrons. The van der Waals surface area contributed by atoms with Crippen molar-refractivity contribution in [2.45, 2.75) is 166 Å². The van der Waals surface area contributed by atoms with Crippen molar-refractivity contribution in [3.8, 4) is 11.5 Å². The number of urea groups is 1. The van der Waals surface area contributed by atoms with Crippen LogP contribution in [0.4, 0.5) is 9.59 Å². The van der Waals surface area contributed by atoms with E-state index in [9.17, 15) is 37.2 Å². The molecule has 4 fully saturated rings. The van der Waals surface area contributed by atoms with Crippen molar-refractivity contribution in [2.75, 3.05) is 13.3 Å². The molecule has 1 aromatic carbocycles. The van der Waals surface area contributed by atoms with Crippen molar-refractivity contribution in [2.24, 2.45) is 17.3 Å². The lowest BCUT2D eigenvalue weighted by atomic mass is 9.82. The molecule has 18 nitrogen and oxygen atoms in total. The van der Waals surface area contributed by atoms with E-state index in [1.54, 1.807) is 20.8 Å². The lowest BCUT2D eigenvalue weighted by molar-refractivity contribution is -0.145. The minimum absolute atomic E-state index is 0.117. The van der Waals surface area contributed by atoms with Crippen molar-refractivity contribution < 1.29 is 51.4 Å². The first kappa shape index (κ1) is 45.2. The molecule has 0 aromatic heterocycles. The van der Waals surface area contributed by atoms with Crippen LogP contribution in [0.1, 0.15) is 124 Å². The molecule has 6 atom stereocenters. The van der Waals surface area contributed by atoms with E-state index in [4.69, 9.17) is 14.2 Å². The van der Waals surface area contributed by atoms with Gasteiger partial charge in [-0.15, -0.1) is 0 Å². The summed E-state index contributed by atoms with van der Waals surface area (Å²) in [6, 6.07) is -0.265. The molecule has 5 N–H and O–H groups in total. The zero-order valence-electron chi connectivity index (χ0n) is 36.9. The predicted molar refractivity (Wildman–Crippen MR) is 225 cm³/mol. The maximum absolute atomic E-state index is 15.0. The molecule has 1 aromatic rings. The van der Waals surface area contributed by atoms with Gasteiger partial charge in [0.05, 0.1) is 11.8 Å². The number of sulfonamides is 1. The quantitative estimate of drug-likeness (QED) is 0.205. The monoisotopic (exact) mass is 885 g/mol. The molecular weight excluding hydrogens is 823 g/mol. The van der Waals surface area contributed by atoms with E-state index in [2.05, 4.69) is 26.0 Å². The van der Waals surface area contributed by atoms with Crippen molar-refractivity contribution in [3.05, 3.63) is 23.3 Å². The largest absolute Gasteiger partial charge is 0.454 e. The first-order valence-corrected chi connectivity index (χ1v) is 23.6. The van der Waals surface area contributed by atoms with Crippen LogP contribution in [0.15, 0.2) is 12.1 Å². The van der Waals surface area contributed by atoms with Gasteiger partial charge < -0.3 is 40.4 Å². The SMILES string of the molecule is CC[C@H]1C[C@@]1(NC(=O)[C@@H]1C[C@@H](OC(=O)N2Cc3cc4c(cc3C2)OCO4)CN1C(=O)[C@@H](NC(=O)[C@@H](NC(=O)NC(C)(C)C)C1CCCCC1)C(C)(C)C)C(=O)NS(=O)(=O)C1CC1. The molecule has 7 amide bonds.